The molecule has 0 spiro atoms. The number of esters is 1. The number of carbonyl (C=O) groups is 1. The van der Waals surface area contributed by atoms with Crippen molar-refractivity contribution in [3.8, 4) is 0 Å². The molecule has 0 bridgehead atoms. The summed E-state index contributed by atoms with van der Waals surface area (Å²) in [6.45, 7) is 4.84. The van der Waals surface area contributed by atoms with Gasteiger partial charge in [0.15, 0.2) is 6.29 Å². The molecule has 7 rings (SSSR count). The van der Waals surface area contributed by atoms with Crippen LogP contribution in [0.25, 0.3) is 0 Å². The summed E-state index contributed by atoms with van der Waals surface area (Å²) in [5.41, 5.74) is -0.931. The number of aliphatic imine (C=N–C) groups is 1. The van der Waals surface area contributed by atoms with E-state index in [1.165, 1.54) is 0 Å². The normalized spacial score (nSPS) is 47.2. The van der Waals surface area contributed by atoms with Gasteiger partial charge < -0.3 is 34.3 Å². The SMILES string of the molecule is CO[C@@H]1C[C@H](O[C@@H]2CC[C@]3(C=NCc4cccnc4)[C@H]4CC[C@]5(C)[C@H](C6=CC(=O)OC6)CC[C@]5(O)[C@@H]4CC[C@]3(O)C2)O[C@H](C)[C@@H]1O. The molecule has 0 radical (unpaired) electrons. The number of fused-ring (bicyclic) bond motifs is 5. The Balaban J connectivity index is 1.17. The van der Waals surface area contributed by atoms with Crippen LogP contribution in [-0.4, -0.2) is 88.1 Å². The van der Waals surface area contributed by atoms with Gasteiger partial charge in [-0.3, -0.25) is 9.98 Å². The zero-order chi connectivity index (χ0) is 32.3. The number of aliphatic hydroxyl groups excluding tert-OH is 1. The number of aliphatic hydroxyl groups is 3. The van der Waals surface area contributed by atoms with Gasteiger partial charge in [-0.05, 0) is 93.2 Å². The van der Waals surface area contributed by atoms with E-state index in [0.717, 1.165) is 36.8 Å². The Labute approximate surface area is 271 Å². The fourth-order valence-electron chi connectivity index (χ4n) is 10.8. The first-order chi connectivity index (χ1) is 22.0. The van der Waals surface area contributed by atoms with Crippen molar-refractivity contribution in [2.24, 2.45) is 33.6 Å². The van der Waals surface area contributed by atoms with Crippen LogP contribution in [0.2, 0.25) is 0 Å². The molecule has 4 saturated carbocycles. The molecule has 6 aliphatic rings. The molecule has 12 atom stereocenters. The Kier molecular flexibility index (Phi) is 8.46. The van der Waals surface area contributed by atoms with Gasteiger partial charge in [0.25, 0.3) is 0 Å². The summed E-state index contributed by atoms with van der Waals surface area (Å²) >= 11 is 0. The summed E-state index contributed by atoms with van der Waals surface area (Å²) in [5, 5.41) is 36.0. The standard InChI is InChI=1S/C36H50N2O8/c1-22-32(40)29(43-3)16-31(45-22)46-25-6-11-34(21-38-19-23-5-4-14-37-18-23)27-7-10-33(2)26(24-15-30(39)44-20-24)9-13-36(33,42)28(27)8-12-35(34,41)17-25/h4-5,14-15,18,21-22,25-29,31-32,40-42H,6-13,16-17,19-20H2,1-3H3/t22-,25-,26+,27+,28-,29-,31+,32+,33-,34+,35+,36+/m1/s1. The number of ether oxygens (including phenoxy) is 4. The quantitative estimate of drug-likeness (QED) is 0.231. The Morgan fingerprint density at radius 1 is 1.13 bits per heavy atom. The van der Waals surface area contributed by atoms with Gasteiger partial charge in [0, 0.05) is 55.5 Å². The number of pyridine rings is 1. The van der Waals surface area contributed by atoms with Gasteiger partial charge in [-0.1, -0.05) is 13.0 Å². The molecular weight excluding hydrogens is 588 g/mol. The van der Waals surface area contributed by atoms with Crippen LogP contribution in [0.5, 0.6) is 0 Å². The second-order valence-electron chi connectivity index (χ2n) is 15.2. The molecule has 0 amide bonds. The van der Waals surface area contributed by atoms with Gasteiger partial charge in [-0.2, -0.15) is 0 Å². The zero-order valence-electron chi connectivity index (χ0n) is 27.3. The third-order valence-electron chi connectivity index (χ3n) is 13.2. The highest BCUT2D eigenvalue weighted by molar-refractivity contribution is 5.85. The Hall–Kier alpha value is -2.21. The third kappa shape index (κ3) is 5.10. The van der Waals surface area contributed by atoms with E-state index in [1.54, 1.807) is 19.4 Å². The van der Waals surface area contributed by atoms with Crippen LogP contribution in [0.15, 0.2) is 41.2 Å². The summed E-state index contributed by atoms with van der Waals surface area (Å²) in [6, 6.07) is 3.92. The molecule has 10 heteroatoms. The first kappa shape index (κ1) is 32.3. The van der Waals surface area contributed by atoms with Gasteiger partial charge >= 0.3 is 5.97 Å². The lowest BCUT2D eigenvalue weighted by molar-refractivity contribution is -0.284. The molecule has 0 aromatic carbocycles. The minimum Gasteiger partial charge on any atom is -0.458 e. The second-order valence-corrected chi connectivity index (χ2v) is 15.2. The lowest BCUT2D eigenvalue weighted by atomic mass is 9.41. The van der Waals surface area contributed by atoms with Crippen LogP contribution < -0.4 is 0 Å². The number of cyclic esters (lactones) is 1. The van der Waals surface area contributed by atoms with Crippen molar-refractivity contribution in [1.29, 1.82) is 0 Å². The van der Waals surface area contributed by atoms with E-state index in [2.05, 4.69) is 11.9 Å². The largest absolute Gasteiger partial charge is 0.458 e. The highest BCUT2D eigenvalue weighted by Crippen LogP contribution is 2.70. The maximum absolute atomic E-state index is 12.8. The molecule has 1 saturated heterocycles. The van der Waals surface area contributed by atoms with E-state index in [4.69, 9.17) is 23.9 Å². The van der Waals surface area contributed by atoms with Crippen molar-refractivity contribution in [3.05, 3.63) is 41.7 Å². The number of rotatable bonds is 7. The topological polar surface area (TPSA) is 140 Å². The number of hydrogen-bond donors (Lipinski definition) is 3. The zero-order valence-corrected chi connectivity index (χ0v) is 27.3. The molecule has 3 N–H and O–H groups in total. The van der Waals surface area contributed by atoms with Gasteiger partial charge in [0.1, 0.15) is 12.7 Å². The number of methoxy groups -OCH3 is 1. The van der Waals surface area contributed by atoms with Crippen LogP contribution in [0.3, 0.4) is 0 Å². The summed E-state index contributed by atoms with van der Waals surface area (Å²) < 4.78 is 23.4. The predicted molar refractivity (Wildman–Crippen MR) is 169 cm³/mol. The lowest BCUT2D eigenvalue weighted by Crippen LogP contribution is -2.69. The first-order valence-corrected chi connectivity index (χ1v) is 17.3. The highest BCUT2D eigenvalue weighted by Gasteiger charge is 2.71. The van der Waals surface area contributed by atoms with E-state index in [1.807, 2.05) is 31.5 Å². The van der Waals surface area contributed by atoms with Crippen molar-refractivity contribution in [2.75, 3.05) is 13.7 Å². The molecule has 1 aromatic heterocycles. The molecule has 0 unspecified atom stereocenters. The average Bonchev–Trinajstić information content (AvgIpc) is 3.58. The molecule has 46 heavy (non-hydrogen) atoms. The Bertz CT molecular complexity index is 1360. The number of carbonyl (C=O) groups excluding carboxylic acids is 1. The molecular formula is C36H50N2O8. The summed E-state index contributed by atoms with van der Waals surface area (Å²) in [5.74, 6) is -0.118. The van der Waals surface area contributed by atoms with E-state index in [-0.39, 0.29) is 41.3 Å². The lowest BCUT2D eigenvalue weighted by Gasteiger charge is -2.66. The molecule has 4 aliphatic carbocycles. The average molecular weight is 639 g/mol. The number of aromatic nitrogens is 1. The van der Waals surface area contributed by atoms with Crippen LogP contribution in [0.1, 0.15) is 83.6 Å². The fourth-order valence-corrected chi connectivity index (χ4v) is 10.8. The highest BCUT2D eigenvalue weighted by atomic mass is 16.7. The van der Waals surface area contributed by atoms with Gasteiger partial charge in [0.2, 0.25) is 0 Å². The molecule has 3 heterocycles. The molecule has 5 fully saturated rings. The molecule has 2 aliphatic heterocycles. The van der Waals surface area contributed by atoms with Crippen molar-refractivity contribution >= 4 is 12.2 Å². The second kappa shape index (κ2) is 12.0. The van der Waals surface area contributed by atoms with Gasteiger partial charge in [-0.25, -0.2) is 4.79 Å². The summed E-state index contributed by atoms with van der Waals surface area (Å²) in [6.07, 6.45) is 11.8. The monoisotopic (exact) mass is 638 g/mol. The van der Waals surface area contributed by atoms with Crippen LogP contribution in [-0.2, 0) is 30.3 Å². The summed E-state index contributed by atoms with van der Waals surface area (Å²) in [4.78, 5) is 21.2. The van der Waals surface area contributed by atoms with Gasteiger partial charge in [0.05, 0.1) is 36.1 Å². The van der Waals surface area contributed by atoms with Crippen molar-refractivity contribution in [3.63, 3.8) is 0 Å². The molecule has 252 valence electrons. The number of nitrogens with zero attached hydrogens (tertiary/aromatic N) is 2. The van der Waals surface area contributed by atoms with E-state index >= 15 is 0 Å². The summed E-state index contributed by atoms with van der Waals surface area (Å²) in [7, 11) is 1.59. The smallest absolute Gasteiger partial charge is 0.331 e. The maximum atomic E-state index is 12.8. The van der Waals surface area contributed by atoms with Crippen molar-refractivity contribution in [1.82, 2.24) is 4.98 Å². The minimum atomic E-state index is -1.06. The van der Waals surface area contributed by atoms with Gasteiger partial charge in [-0.15, -0.1) is 0 Å². The Morgan fingerprint density at radius 3 is 2.70 bits per heavy atom. The predicted octanol–water partition coefficient (Wildman–Crippen LogP) is 3.90. The number of hydrogen-bond acceptors (Lipinski definition) is 10. The maximum Gasteiger partial charge on any atom is 0.331 e. The van der Waals surface area contributed by atoms with Crippen molar-refractivity contribution < 1.29 is 39.1 Å². The molecule has 10 nitrogen and oxygen atoms in total. The van der Waals surface area contributed by atoms with E-state index in [9.17, 15) is 20.1 Å². The van der Waals surface area contributed by atoms with Crippen LogP contribution in [0, 0.1) is 28.6 Å². The van der Waals surface area contributed by atoms with E-state index in [0.29, 0.717) is 51.7 Å². The minimum absolute atomic E-state index is 0.00364. The fraction of sp³-hybridized carbons (Fsp3) is 0.750. The van der Waals surface area contributed by atoms with E-state index < -0.39 is 35.1 Å². The Morgan fingerprint density at radius 2 is 1.96 bits per heavy atom. The van der Waals surface area contributed by atoms with Crippen LogP contribution in [0.4, 0.5) is 0 Å². The third-order valence-corrected chi connectivity index (χ3v) is 13.2. The first-order valence-electron chi connectivity index (χ1n) is 17.3. The van der Waals surface area contributed by atoms with Crippen LogP contribution >= 0.6 is 0 Å². The van der Waals surface area contributed by atoms with Crippen molar-refractivity contribution in [2.45, 2.75) is 127 Å². The molecule has 1 aromatic rings.